The number of nitrogens with two attached hydrogens (primary N) is 1. The van der Waals surface area contributed by atoms with Crippen LogP contribution in [-0.2, 0) is 5.67 Å². The van der Waals surface area contributed by atoms with E-state index in [1.807, 2.05) is 13.0 Å². The summed E-state index contributed by atoms with van der Waals surface area (Å²) in [5.74, 6) is 0. The molecule has 2 nitrogen and oxygen atoms in total. The van der Waals surface area contributed by atoms with Gasteiger partial charge in [-0.05, 0) is 18.6 Å². The van der Waals surface area contributed by atoms with Gasteiger partial charge in [0, 0.05) is 36.8 Å². The standard InChI is InChI=1S/C10H13FN2/c1-7-2-3-13-6-9(7)10(11)4-8(12)5-10/h2-3,6,8H,4-5,12H2,1H3. The molecule has 0 bridgehead atoms. The minimum atomic E-state index is -1.21. The lowest BCUT2D eigenvalue weighted by molar-refractivity contribution is 0.0396. The Kier molecular flexibility index (Phi) is 1.84. The second kappa shape index (κ2) is 2.77. The van der Waals surface area contributed by atoms with E-state index < -0.39 is 5.67 Å². The van der Waals surface area contributed by atoms with Crippen LogP contribution in [0.15, 0.2) is 18.5 Å². The monoisotopic (exact) mass is 180 g/mol. The number of aromatic nitrogens is 1. The van der Waals surface area contributed by atoms with E-state index >= 15 is 0 Å². The first-order chi connectivity index (χ1) is 6.12. The molecule has 1 fully saturated rings. The lowest BCUT2D eigenvalue weighted by Gasteiger charge is -2.40. The van der Waals surface area contributed by atoms with Crippen molar-refractivity contribution in [1.82, 2.24) is 4.98 Å². The van der Waals surface area contributed by atoms with Crippen molar-refractivity contribution in [1.29, 1.82) is 0 Å². The molecule has 2 N–H and O–H groups in total. The average molecular weight is 180 g/mol. The second-order valence-corrected chi connectivity index (χ2v) is 3.82. The van der Waals surface area contributed by atoms with E-state index in [0.29, 0.717) is 18.4 Å². The fourth-order valence-corrected chi connectivity index (χ4v) is 1.92. The van der Waals surface area contributed by atoms with Gasteiger partial charge in [0.25, 0.3) is 0 Å². The lowest BCUT2D eigenvalue weighted by atomic mass is 9.73. The van der Waals surface area contributed by atoms with E-state index in [2.05, 4.69) is 4.98 Å². The van der Waals surface area contributed by atoms with Crippen molar-refractivity contribution in [2.24, 2.45) is 5.73 Å². The molecule has 70 valence electrons. The van der Waals surface area contributed by atoms with Gasteiger partial charge in [0.2, 0.25) is 0 Å². The fourth-order valence-electron chi connectivity index (χ4n) is 1.92. The van der Waals surface area contributed by atoms with Crippen molar-refractivity contribution in [2.45, 2.75) is 31.5 Å². The van der Waals surface area contributed by atoms with Gasteiger partial charge in [-0.15, -0.1) is 0 Å². The van der Waals surface area contributed by atoms with E-state index in [4.69, 9.17) is 5.73 Å². The van der Waals surface area contributed by atoms with Crippen molar-refractivity contribution in [3.05, 3.63) is 29.6 Å². The summed E-state index contributed by atoms with van der Waals surface area (Å²) in [4.78, 5) is 3.94. The first-order valence-corrected chi connectivity index (χ1v) is 4.47. The summed E-state index contributed by atoms with van der Waals surface area (Å²) in [5.41, 5.74) is 6.04. The van der Waals surface area contributed by atoms with Crippen LogP contribution in [0.3, 0.4) is 0 Å². The molecule has 3 heteroatoms. The first-order valence-electron chi connectivity index (χ1n) is 4.47. The Hall–Kier alpha value is -0.960. The van der Waals surface area contributed by atoms with Crippen molar-refractivity contribution < 1.29 is 4.39 Å². The number of halogens is 1. The highest BCUT2D eigenvalue weighted by atomic mass is 19.1. The highest BCUT2D eigenvalue weighted by Crippen LogP contribution is 2.45. The molecule has 2 rings (SSSR count). The zero-order chi connectivity index (χ0) is 9.47. The van der Waals surface area contributed by atoms with Crippen LogP contribution in [0.2, 0.25) is 0 Å². The molecule has 1 aliphatic rings. The summed E-state index contributed by atoms with van der Waals surface area (Å²) >= 11 is 0. The number of aryl methyl sites for hydroxylation is 1. The molecule has 13 heavy (non-hydrogen) atoms. The van der Waals surface area contributed by atoms with Crippen LogP contribution in [0.25, 0.3) is 0 Å². The van der Waals surface area contributed by atoms with Gasteiger partial charge in [0.15, 0.2) is 0 Å². The predicted octanol–water partition coefficient (Wildman–Crippen LogP) is 1.68. The molecule has 1 saturated carbocycles. The molecule has 0 saturated heterocycles. The third-order valence-electron chi connectivity index (χ3n) is 2.69. The SMILES string of the molecule is Cc1ccncc1C1(F)CC(N)C1. The molecule has 1 aromatic rings. The Morgan fingerprint density at radius 2 is 2.31 bits per heavy atom. The Bertz CT molecular complexity index is 318. The number of pyridine rings is 1. The number of nitrogens with zero attached hydrogens (tertiary/aromatic N) is 1. The molecule has 1 aliphatic carbocycles. The number of rotatable bonds is 1. The van der Waals surface area contributed by atoms with Crippen molar-refractivity contribution >= 4 is 0 Å². The van der Waals surface area contributed by atoms with Crippen molar-refractivity contribution in [3.8, 4) is 0 Å². The molecule has 1 aromatic heterocycles. The zero-order valence-corrected chi connectivity index (χ0v) is 7.63. The molecule has 0 radical (unpaired) electrons. The zero-order valence-electron chi connectivity index (χ0n) is 7.63. The molecular formula is C10H13FN2. The summed E-state index contributed by atoms with van der Waals surface area (Å²) in [6.45, 7) is 1.90. The first kappa shape index (κ1) is 8.63. The molecule has 0 aromatic carbocycles. The summed E-state index contributed by atoms with van der Waals surface area (Å²) in [5, 5.41) is 0. The molecule has 0 atom stereocenters. The third-order valence-corrected chi connectivity index (χ3v) is 2.69. The highest BCUT2D eigenvalue weighted by molar-refractivity contribution is 5.31. The Morgan fingerprint density at radius 3 is 2.85 bits per heavy atom. The van der Waals surface area contributed by atoms with Gasteiger partial charge in [0.05, 0.1) is 0 Å². The van der Waals surface area contributed by atoms with Crippen LogP contribution < -0.4 is 5.73 Å². The molecular weight excluding hydrogens is 167 g/mol. The van der Waals surface area contributed by atoms with Gasteiger partial charge in [-0.2, -0.15) is 0 Å². The summed E-state index contributed by atoms with van der Waals surface area (Å²) in [7, 11) is 0. The van der Waals surface area contributed by atoms with E-state index in [1.54, 1.807) is 12.4 Å². The predicted molar refractivity (Wildman–Crippen MR) is 49.0 cm³/mol. The van der Waals surface area contributed by atoms with Gasteiger partial charge in [-0.25, -0.2) is 4.39 Å². The van der Waals surface area contributed by atoms with E-state index in [-0.39, 0.29) is 6.04 Å². The van der Waals surface area contributed by atoms with Crippen LogP contribution in [0.1, 0.15) is 24.0 Å². The Balaban J connectivity index is 2.31. The van der Waals surface area contributed by atoms with Gasteiger partial charge < -0.3 is 5.73 Å². The highest BCUT2D eigenvalue weighted by Gasteiger charge is 2.45. The number of alkyl halides is 1. The normalized spacial score (nSPS) is 32.7. The molecule has 0 spiro atoms. The van der Waals surface area contributed by atoms with Crippen molar-refractivity contribution in [2.75, 3.05) is 0 Å². The maximum Gasteiger partial charge on any atom is 0.140 e. The third kappa shape index (κ3) is 1.33. The summed E-state index contributed by atoms with van der Waals surface area (Å²) < 4.78 is 14.0. The molecule has 0 aliphatic heterocycles. The van der Waals surface area contributed by atoms with Gasteiger partial charge >= 0.3 is 0 Å². The van der Waals surface area contributed by atoms with E-state index in [0.717, 1.165) is 5.56 Å². The van der Waals surface area contributed by atoms with Crippen LogP contribution in [-0.4, -0.2) is 11.0 Å². The largest absolute Gasteiger partial charge is 0.327 e. The van der Waals surface area contributed by atoms with Crippen LogP contribution in [0, 0.1) is 6.92 Å². The van der Waals surface area contributed by atoms with Crippen LogP contribution in [0.5, 0.6) is 0 Å². The summed E-state index contributed by atoms with van der Waals surface area (Å²) in [6.07, 6.45) is 4.15. The topological polar surface area (TPSA) is 38.9 Å². The number of hydrogen-bond acceptors (Lipinski definition) is 2. The Morgan fingerprint density at radius 1 is 1.62 bits per heavy atom. The lowest BCUT2D eigenvalue weighted by Crippen LogP contribution is -2.46. The van der Waals surface area contributed by atoms with E-state index in [9.17, 15) is 4.39 Å². The smallest absolute Gasteiger partial charge is 0.140 e. The maximum atomic E-state index is 14.0. The van der Waals surface area contributed by atoms with Gasteiger partial charge in [-0.1, -0.05) is 0 Å². The second-order valence-electron chi connectivity index (χ2n) is 3.82. The molecule has 1 heterocycles. The van der Waals surface area contributed by atoms with E-state index in [1.165, 1.54) is 0 Å². The van der Waals surface area contributed by atoms with Gasteiger partial charge in [0.1, 0.15) is 5.67 Å². The van der Waals surface area contributed by atoms with Crippen LogP contribution in [0.4, 0.5) is 4.39 Å². The van der Waals surface area contributed by atoms with Gasteiger partial charge in [-0.3, -0.25) is 4.98 Å². The molecule has 0 unspecified atom stereocenters. The Labute approximate surface area is 77.0 Å². The average Bonchev–Trinajstić information content (AvgIpc) is 2.02. The number of hydrogen-bond donors (Lipinski definition) is 1. The summed E-state index contributed by atoms with van der Waals surface area (Å²) in [6, 6.07) is 1.85. The molecule has 0 amide bonds. The minimum absolute atomic E-state index is 0.0182. The maximum absolute atomic E-state index is 14.0. The quantitative estimate of drug-likeness (QED) is 0.714. The fraction of sp³-hybridized carbons (Fsp3) is 0.500. The minimum Gasteiger partial charge on any atom is -0.327 e. The van der Waals surface area contributed by atoms with Crippen molar-refractivity contribution in [3.63, 3.8) is 0 Å². The van der Waals surface area contributed by atoms with Crippen LogP contribution >= 0.6 is 0 Å².